The van der Waals surface area contributed by atoms with Crippen LogP contribution in [0, 0.1) is 6.92 Å². The van der Waals surface area contributed by atoms with Crippen molar-refractivity contribution in [3.8, 4) is 0 Å². The Hall–Kier alpha value is -1.88. The van der Waals surface area contributed by atoms with Gasteiger partial charge in [0, 0.05) is 12.1 Å². The molecule has 1 amide bonds. The second-order valence-corrected chi connectivity index (χ2v) is 4.09. The molecule has 0 atom stereocenters. The molecule has 0 unspecified atom stereocenters. The first-order valence-electron chi connectivity index (χ1n) is 5.87. The van der Waals surface area contributed by atoms with E-state index in [1.165, 1.54) is 0 Å². The molecule has 0 aliphatic rings. The van der Waals surface area contributed by atoms with Gasteiger partial charge in [-0.3, -0.25) is 9.59 Å². The zero-order valence-electron chi connectivity index (χ0n) is 10.4. The van der Waals surface area contributed by atoms with Crippen molar-refractivity contribution in [2.24, 2.45) is 0 Å². The van der Waals surface area contributed by atoms with Crippen molar-refractivity contribution in [2.75, 3.05) is 18.4 Å². The molecule has 5 heteroatoms. The molecule has 0 bridgehead atoms. The van der Waals surface area contributed by atoms with Gasteiger partial charge >= 0.3 is 5.97 Å². The lowest BCUT2D eigenvalue weighted by molar-refractivity contribution is -0.137. The van der Waals surface area contributed by atoms with Crippen LogP contribution in [0.15, 0.2) is 24.3 Å². The highest BCUT2D eigenvalue weighted by Gasteiger charge is 2.02. The summed E-state index contributed by atoms with van der Waals surface area (Å²) in [5.74, 6) is -0.947. The minimum Gasteiger partial charge on any atom is -0.481 e. The topological polar surface area (TPSA) is 78.4 Å². The average Bonchev–Trinajstić information content (AvgIpc) is 2.28. The number of carbonyl (C=O) groups is 2. The van der Waals surface area contributed by atoms with E-state index in [0.717, 1.165) is 11.3 Å². The quantitative estimate of drug-likeness (QED) is 0.639. The maximum Gasteiger partial charge on any atom is 0.303 e. The molecule has 98 valence electrons. The lowest BCUT2D eigenvalue weighted by atomic mass is 10.2. The van der Waals surface area contributed by atoms with Gasteiger partial charge in [0.25, 0.3) is 0 Å². The Bertz CT molecular complexity index is 418. The first-order chi connectivity index (χ1) is 8.58. The van der Waals surface area contributed by atoms with Gasteiger partial charge in [0.15, 0.2) is 0 Å². The van der Waals surface area contributed by atoms with Crippen LogP contribution in [0.5, 0.6) is 0 Å². The molecule has 0 spiro atoms. The number of nitrogens with one attached hydrogen (secondary N) is 2. The third-order valence-electron chi connectivity index (χ3n) is 2.33. The minimum absolute atomic E-state index is 0.118. The van der Waals surface area contributed by atoms with Crippen LogP contribution < -0.4 is 10.6 Å². The molecule has 1 aromatic carbocycles. The fraction of sp³-hybridized carbons (Fsp3) is 0.385. The maximum atomic E-state index is 11.5. The molecule has 0 saturated carbocycles. The fourth-order valence-electron chi connectivity index (χ4n) is 1.49. The standard InChI is InChI=1S/C13H18N2O3/c1-10-4-2-5-11(8-10)15-12(16)9-14-7-3-6-13(17)18/h2,4-5,8,14H,3,6-7,9H2,1H3,(H,15,16)(H,17,18). The van der Waals surface area contributed by atoms with Gasteiger partial charge in [0.05, 0.1) is 6.54 Å². The van der Waals surface area contributed by atoms with E-state index in [1.807, 2.05) is 31.2 Å². The predicted molar refractivity (Wildman–Crippen MR) is 69.5 cm³/mol. The Labute approximate surface area is 106 Å². The van der Waals surface area contributed by atoms with E-state index in [9.17, 15) is 9.59 Å². The Morgan fingerprint density at radius 3 is 2.78 bits per heavy atom. The largest absolute Gasteiger partial charge is 0.481 e. The first-order valence-corrected chi connectivity index (χ1v) is 5.87. The van der Waals surface area contributed by atoms with Gasteiger partial charge in [-0.05, 0) is 37.6 Å². The third-order valence-corrected chi connectivity index (χ3v) is 2.33. The summed E-state index contributed by atoms with van der Waals surface area (Å²) in [5.41, 5.74) is 1.86. The van der Waals surface area contributed by atoms with E-state index in [0.29, 0.717) is 13.0 Å². The number of carboxylic acids is 1. The number of hydrogen-bond donors (Lipinski definition) is 3. The third kappa shape index (κ3) is 6.00. The summed E-state index contributed by atoms with van der Waals surface area (Å²) in [6.45, 7) is 2.67. The van der Waals surface area contributed by atoms with Crippen LogP contribution in [0.1, 0.15) is 18.4 Å². The summed E-state index contributed by atoms with van der Waals surface area (Å²) >= 11 is 0. The number of carbonyl (C=O) groups excluding carboxylic acids is 1. The van der Waals surface area contributed by atoms with Gasteiger partial charge in [-0.25, -0.2) is 0 Å². The molecular formula is C13H18N2O3. The van der Waals surface area contributed by atoms with Crippen molar-refractivity contribution in [2.45, 2.75) is 19.8 Å². The lowest BCUT2D eigenvalue weighted by Crippen LogP contribution is -2.29. The van der Waals surface area contributed by atoms with E-state index in [4.69, 9.17) is 5.11 Å². The number of hydrogen-bond acceptors (Lipinski definition) is 3. The van der Waals surface area contributed by atoms with E-state index in [1.54, 1.807) is 0 Å². The van der Waals surface area contributed by atoms with Crippen molar-refractivity contribution in [3.63, 3.8) is 0 Å². The summed E-state index contributed by atoms with van der Waals surface area (Å²) in [7, 11) is 0. The molecule has 0 aliphatic carbocycles. The second kappa shape index (κ2) is 7.45. The molecule has 0 heterocycles. The normalized spacial score (nSPS) is 10.1. The van der Waals surface area contributed by atoms with Crippen molar-refractivity contribution in [1.82, 2.24) is 5.32 Å². The molecule has 3 N–H and O–H groups in total. The van der Waals surface area contributed by atoms with Gasteiger partial charge in [-0.15, -0.1) is 0 Å². The van der Waals surface area contributed by atoms with Crippen molar-refractivity contribution >= 4 is 17.6 Å². The van der Waals surface area contributed by atoms with E-state index in [2.05, 4.69) is 10.6 Å². The first kappa shape index (κ1) is 14.2. The van der Waals surface area contributed by atoms with Gasteiger partial charge in [0.2, 0.25) is 5.91 Å². The number of benzene rings is 1. The highest BCUT2D eigenvalue weighted by Crippen LogP contribution is 2.08. The van der Waals surface area contributed by atoms with Crippen LogP contribution in [0.2, 0.25) is 0 Å². The predicted octanol–water partition coefficient (Wildman–Crippen LogP) is 1.39. The molecule has 0 fully saturated rings. The summed E-state index contributed by atoms with van der Waals surface area (Å²) < 4.78 is 0. The van der Waals surface area contributed by atoms with Gasteiger partial charge < -0.3 is 15.7 Å². The highest BCUT2D eigenvalue weighted by molar-refractivity contribution is 5.92. The Kier molecular flexibility index (Phi) is 5.87. The fourth-order valence-corrected chi connectivity index (χ4v) is 1.49. The summed E-state index contributed by atoms with van der Waals surface area (Å²) in [5, 5.41) is 14.1. The number of aryl methyl sites for hydroxylation is 1. The zero-order valence-corrected chi connectivity index (χ0v) is 10.4. The van der Waals surface area contributed by atoms with Crippen LogP contribution in [0.3, 0.4) is 0 Å². The van der Waals surface area contributed by atoms with Crippen LogP contribution in [-0.2, 0) is 9.59 Å². The summed E-state index contributed by atoms with van der Waals surface area (Å²) in [6, 6.07) is 7.56. The summed E-state index contributed by atoms with van der Waals surface area (Å²) in [6.07, 6.45) is 0.638. The molecular weight excluding hydrogens is 232 g/mol. The Balaban J connectivity index is 2.20. The van der Waals surface area contributed by atoms with Crippen LogP contribution in [0.4, 0.5) is 5.69 Å². The van der Waals surface area contributed by atoms with Crippen LogP contribution >= 0.6 is 0 Å². The number of anilines is 1. The van der Waals surface area contributed by atoms with Gasteiger partial charge in [-0.1, -0.05) is 12.1 Å². The zero-order chi connectivity index (χ0) is 13.4. The maximum absolute atomic E-state index is 11.5. The van der Waals surface area contributed by atoms with Crippen molar-refractivity contribution in [3.05, 3.63) is 29.8 Å². The van der Waals surface area contributed by atoms with Crippen molar-refractivity contribution < 1.29 is 14.7 Å². The van der Waals surface area contributed by atoms with E-state index >= 15 is 0 Å². The number of aliphatic carboxylic acids is 1. The highest BCUT2D eigenvalue weighted by atomic mass is 16.4. The van der Waals surface area contributed by atoms with Gasteiger partial charge in [-0.2, -0.15) is 0 Å². The lowest BCUT2D eigenvalue weighted by Gasteiger charge is -2.06. The number of amides is 1. The number of rotatable bonds is 7. The van der Waals surface area contributed by atoms with Crippen LogP contribution in [-0.4, -0.2) is 30.1 Å². The molecule has 0 aliphatic heterocycles. The molecule has 0 saturated heterocycles. The molecule has 1 rings (SSSR count). The smallest absolute Gasteiger partial charge is 0.303 e. The number of carboxylic acid groups (broad SMARTS) is 1. The molecule has 1 aromatic rings. The Morgan fingerprint density at radius 2 is 2.11 bits per heavy atom. The minimum atomic E-state index is -0.819. The molecule has 0 radical (unpaired) electrons. The van der Waals surface area contributed by atoms with E-state index in [-0.39, 0.29) is 18.9 Å². The second-order valence-electron chi connectivity index (χ2n) is 4.09. The SMILES string of the molecule is Cc1cccc(NC(=O)CNCCCC(=O)O)c1. The van der Waals surface area contributed by atoms with E-state index < -0.39 is 5.97 Å². The summed E-state index contributed by atoms with van der Waals surface area (Å²) in [4.78, 5) is 21.8. The van der Waals surface area contributed by atoms with Crippen LogP contribution in [0.25, 0.3) is 0 Å². The molecule has 0 aromatic heterocycles. The molecule has 18 heavy (non-hydrogen) atoms. The molecule has 5 nitrogen and oxygen atoms in total. The Morgan fingerprint density at radius 1 is 1.33 bits per heavy atom. The monoisotopic (exact) mass is 250 g/mol. The van der Waals surface area contributed by atoms with Gasteiger partial charge in [0.1, 0.15) is 0 Å². The van der Waals surface area contributed by atoms with Crippen molar-refractivity contribution in [1.29, 1.82) is 0 Å². The average molecular weight is 250 g/mol.